The van der Waals surface area contributed by atoms with E-state index in [2.05, 4.69) is 36.5 Å². The highest BCUT2D eigenvalue weighted by molar-refractivity contribution is 5.98. The van der Waals surface area contributed by atoms with Crippen LogP contribution in [0.2, 0.25) is 0 Å². The maximum Gasteiger partial charge on any atom is 0.410 e. The summed E-state index contributed by atoms with van der Waals surface area (Å²) in [6.45, 7) is 9.98. The number of ether oxygens (including phenoxy) is 2. The van der Waals surface area contributed by atoms with Crippen molar-refractivity contribution in [2.24, 2.45) is 5.92 Å². The molecule has 2 aliphatic heterocycles. The van der Waals surface area contributed by atoms with Crippen molar-refractivity contribution in [1.29, 1.82) is 0 Å². The minimum absolute atomic E-state index is 0.0586. The van der Waals surface area contributed by atoms with Gasteiger partial charge in [0, 0.05) is 31.1 Å². The van der Waals surface area contributed by atoms with Crippen molar-refractivity contribution in [1.82, 2.24) is 10.2 Å². The maximum absolute atomic E-state index is 12.7. The van der Waals surface area contributed by atoms with E-state index in [1.54, 1.807) is 4.90 Å². The third-order valence-corrected chi connectivity index (χ3v) is 6.12. The fourth-order valence-electron chi connectivity index (χ4n) is 4.43. The van der Waals surface area contributed by atoms with E-state index in [0.717, 1.165) is 12.0 Å². The summed E-state index contributed by atoms with van der Waals surface area (Å²) in [5, 5.41) is 2.83. The molecule has 6 nitrogen and oxygen atoms in total. The van der Waals surface area contributed by atoms with Crippen LogP contribution >= 0.6 is 0 Å². The molecular weight excluding hydrogens is 404 g/mol. The van der Waals surface area contributed by atoms with Crippen molar-refractivity contribution in [2.75, 3.05) is 19.7 Å². The minimum atomic E-state index is -0.526. The number of carbonyl (C=O) groups excluding carboxylic acids is 2. The van der Waals surface area contributed by atoms with E-state index < -0.39 is 5.60 Å². The van der Waals surface area contributed by atoms with E-state index in [9.17, 15) is 9.59 Å². The Morgan fingerprint density at radius 2 is 1.91 bits per heavy atom. The van der Waals surface area contributed by atoms with Gasteiger partial charge < -0.3 is 19.7 Å². The molecule has 170 valence electrons. The zero-order chi connectivity index (χ0) is 22.9. The molecule has 1 N–H and O–H groups in total. The van der Waals surface area contributed by atoms with E-state index >= 15 is 0 Å². The van der Waals surface area contributed by atoms with Gasteiger partial charge in [-0.05, 0) is 63.3 Å². The van der Waals surface area contributed by atoms with Crippen LogP contribution in [0.5, 0.6) is 5.75 Å². The number of rotatable bonds is 4. The molecule has 0 spiro atoms. The van der Waals surface area contributed by atoms with Crippen molar-refractivity contribution in [3.05, 3.63) is 64.7 Å². The van der Waals surface area contributed by atoms with Gasteiger partial charge in [0.1, 0.15) is 11.4 Å². The van der Waals surface area contributed by atoms with E-state index in [1.165, 1.54) is 11.1 Å². The SMILES string of the molecule is Cc1ccc([C@@H]2CCN(C(=O)OC(C)(C)C)C[C@H]2COc2ccc3c(c2)C(=O)NC3)cc1. The quantitative estimate of drug-likeness (QED) is 0.757. The van der Waals surface area contributed by atoms with Gasteiger partial charge in [-0.2, -0.15) is 0 Å². The molecule has 0 aromatic heterocycles. The molecule has 2 atom stereocenters. The number of amides is 2. The molecule has 1 fully saturated rings. The molecule has 2 amide bonds. The van der Waals surface area contributed by atoms with Gasteiger partial charge in [-0.15, -0.1) is 0 Å². The summed E-state index contributed by atoms with van der Waals surface area (Å²) in [6, 6.07) is 14.3. The zero-order valence-corrected chi connectivity index (χ0v) is 19.3. The Balaban J connectivity index is 1.50. The first-order valence-electron chi connectivity index (χ1n) is 11.3. The molecule has 2 aromatic carbocycles. The Morgan fingerprint density at radius 3 is 2.62 bits per heavy atom. The minimum Gasteiger partial charge on any atom is -0.493 e. The second-order valence-electron chi connectivity index (χ2n) is 9.80. The number of fused-ring (bicyclic) bond motifs is 1. The van der Waals surface area contributed by atoms with Crippen LogP contribution in [0.1, 0.15) is 60.2 Å². The van der Waals surface area contributed by atoms with Crippen LogP contribution in [0, 0.1) is 12.8 Å². The van der Waals surface area contributed by atoms with Crippen LogP contribution in [0.4, 0.5) is 4.79 Å². The van der Waals surface area contributed by atoms with Crippen LogP contribution in [0.3, 0.4) is 0 Å². The summed E-state index contributed by atoms with van der Waals surface area (Å²) >= 11 is 0. The predicted molar refractivity (Wildman–Crippen MR) is 123 cm³/mol. The highest BCUT2D eigenvalue weighted by Crippen LogP contribution is 2.34. The van der Waals surface area contributed by atoms with Gasteiger partial charge in [0.2, 0.25) is 0 Å². The molecule has 2 heterocycles. The average Bonchev–Trinajstić information content (AvgIpc) is 3.12. The molecular formula is C26H32N2O4. The van der Waals surface area contributed by atoms with Crippen molar-refractivity contribution in [3.8, 4) is 5.75 Å². The summed E-state index contributed by atoms with van der Waals surface area (Å²) in [7, 11) is 0. The van der Waals surface area contributed by atoms with Gasteiger partial charge >= 0.3 is 6.09 Å². The van der Waals surface area contributed by atoms with Crippen LogP contribution in [0.15, 0.2) is 42.5 Å². The highest BCUT2D eigenvalue weighted by Gasteiger charge is 2.35. The first-order valence-corrected chi connectivity index (χ1v) is 11.3. The molecule has 0 aliphatic carbocycles. The average molecular weight is 437 g/mol. The lowest BCUT2D eigenvalue weighted by atomic mass is 9.80. The fourth-order valence-corrected chi connectivity index (χ4v) is 4.43. The second kappa shape index (κ2) is 8.85. The van der Waals surface area contributed by atoms with Gasteiger partial charge in [0.25, 0.3) is 5.91 Å². The van der Waals surface area contributed by atoms with Gasteiger partial charge in [-0.3, -0.25) is 4.79 Å². The summed E-state index contributed by atoms with van der Waals surface area (Å²) in [4.78, 5) is 26.5. The van der Waals surface area contributed by atoms with Crippen LogP contribution in [0.25, 0.3) is 0 Å². The first kappa shape index (κ1) is 22.2. The Hall–Kier alpha value is -3.02. The van der Waals surface area contributed by atoms with E-state index in [4.69, 9.17) is 9.47 Å². The smallest absolute Gasteiger partial charge is 0.410 e. The van der Waals surface area contributed by atoms with E-state index in [0.29, 0.717) is 37.6 Å². The normalized spacial score (nSPS) is 20.5. The number of hydrogen-bond donors (Lipinski definition) is 1. The topological polar surface area (TPSA) is 67.9 Å². The van der Waals surface area contributed by atoms with Crippen molar-refractivity contribution in [2.45, 2.75) is 52.2 Å². The summed E-state index contributed by atoms with van der Waals surface area (Å²) in [5.74, 6) is 1.02. The molecule has 0 radical (unpaired) electrons. The monoisotopic (exact) mass is 436 g/mol. The molecule has 2 aliphatic rings. The molecule has 32 heavy (non-hydrogen) atoms. The summed E-state index contributed by atoms with van der Waals surface area (Å²) in [5.41, 5.74) is 3.64. The van der Waals surface area contributed by atoms with Gasteiger partial charge in [-0.1, -0.05) is 35.9 Å². The van der Waals surface area contributed by atoms with Crippen LogP contribution in [-0.2, 0) is 11.3 Å². The van der Waals surface area contributed by atoms with Crippen molar-refractivity contribution in [3.63, 3.8) is 0 Å². The Labute approximate surface area is 189 Å². The van der Waals surface area contributed by atoms with Crippen LogP contribution < -0.4 is 10.1 Å². The third-order valence-electron chi connectivity index (χ3n) is 6.12. The van der Waals surface area contributed by atoms with Crippen molar-refractivity contribution < 1.29 is 19.1 Å². The largest absolute Gasteiger partial charge is 0.493 e. The number of aryl methyl sites for hydroxylation is 1. The van der Waals surface area contributed by atoms with Gasteiger partial charge in [0.05, 0.1) is 6.61 Å². The van der Waals surface area contributed by atoms with Gasteiger partial charge in [0.15, 0.2) is 0 Å². The number of piperidine rings is 1. The molecule has 0 saturated carbocycles. The summed E-state index contributed by atoms with van der Waals surface area (Å²) in [6.07, 6.45) is 0.571. The summed E-state index contributed by atoms with van der Waals surface area (Å²) < 4.78 is 11.8. The number of benzene rings is 2. The standard InChI is InChI=1S/C26H32N2O4/c1-17-5-7-18(8-6-17)22-11-12-28(25(30)32-26(2,3)4)15-20(22)16-31-21-10-9-19-14-27-24(29)23(19)13-21/h5-10,13,20,22H,11-12,14-16H2,1-4H3,(H,27,29)/t20-,22-/m0/s1. The van der Waals surface area contributed by atoms with Crippen molar-refractivity contribution >= 4 is 12.0 Å². The first-order chi connectivity index (χ1) is 15.2. The third kappa shape index (κ3) is 5.06. The molecule has 1 saturated heterocycles. The predicted octanol–water partition coefficient (Wildman–Crippen LogP) is 4.66. The van der Waals surface area contributed by atoms with E-state index in [-0.39, 0.29) is 23.8 Å². The number of nitrogens with zero attached hydrogens (tertiary/aromatic N) is 1. The zero-order valence-electron chi connectivity index (χ0n) is 19.3. The molecule has 0 bridgehead atoms. The molecule has 2 aromatic rings. The number of nitrogens with one attached hydrogen (secondary N) is 1. The number of likely N-dealkylation sites (tertiary alicyclic amines) is 1. The highest BCUT2D eigenvalue weighted by atomic mass is 16.6. The van der Waals surface area contributed by atoms with Crippen LogP contribution in [-0.4, -0.2) is 42.2 Å². The molecule has 4 rings (SSSR count). The van der Waals surface area contributed by atoms with Gasteiger partial charge in [-0.25, -0.2) is 4.79 Å². The molecule has 6 heteroatoms. The Kier molecular flexibility index (Phi) is 6.13. The Bertz CT molecular complexity index is 994. The molecule has 0 unspecified atom stereocenters. The Morgan fingerprint density at radius 1 is 1.16 bits per heavy atom. The number of carbonyl (C=O) groups is 2. The lowest BCUT2D eigenvalue weighted by Crippen LogP contribution is -2.46. The van der Waals surface area contributed by atoms with E-state index in [1.807, 2.05) is 39.0 Å². The fraction of sp³-hybridized carbons (Fsp3) is 0.462. The maximum atomic E-state index is 12.7. The lowest BCUT2D eigenvalue weighted by Gasteiger charge is -2.39. The number of hydrogen-bond acceptors (Lipinski definition) is 4. The lowest BCUT2D eigenvalue weighted by molar-refractivity contribution is 0.0111. The second-order valence-corrected chi connectivity index (χ2v) is 9.80.